The standard InChI is InChI=1S/C20H17FN4O3/c1-2-28-20(27)13-3-7-15(8-4-13)24-18-12-22-17(11-23-18)19(26)25-16-9-5-14(21)6-10-16/h3-12H,2H2,1H3,(H,23,24)(H,25,26). The molecule has 0 saturated heterocycles. The van der Waals surface area contributed by atoms with E-state index in [1.165, 1.54) is 36.7 Å². The summed E-state index contributed by atoms with van der Waals surface area (Å²) in [5.41, 5.74) is 1.72. The Morgan fingerprint density at radius 3 is 2.25 bits per heavy atom. The van der Waals surface area contributed by atoms with Gasteiger partial charge >= 0.3 is 5.97 Å². The first-order valence-corrected chi connectivity index (χ1v) is 8.48. The topological polar surface area (TPSA) is 93.2 Å². The lowest BCUT2D eigenvalue weighted by Crippen LogP contribution is -2.14. The van der Waals surface area contributed by atoms with Gasteiger partial charge in [0.25, 0.3) is 5.91 Å². The van der Waals surface area contributed by atoms with E-state index in [0.717, 1.165) is 0 Å². The SMILES string of the molecule is CCOC(=O)c1ccc(Nc2cnc(C(=O)Nc3ccc(F)cc3)cn2)cc1. The zero-order valence-corrected chi connectivity index (χ0v) is 15.0. The normalized spacial score (nSPS) is 10.2. The summed E-state index contributed by atoms with van der Waals surface area (Å²) in [7, 11) is 0. The second-order valence-electron chi connectivity index (χ2n) is 5.67. The number of ether oxygens (including phenoxy) is 1. The Bertz CT molecular complexity index is 958. The van der Waals surface area contributed by atoms with Gasteiger partial charge in [0, 0.05) is 11.4 Å². The zero-order chi connectivity index (χ0) is 19.9. The van der Waals surface area contributed by atoms with Gasteiger partial charge in [-0.25, -0.2) is 19.2 Å². The van der Waals surface area contributed by atoms with Crippen molar-refractivity contribution in [3.63, 3.8) is 0 Å². The summed E-state index contributed by atoms with van der Waals surface area (Å²) < 4.78 is 17.8. The van der Waals surface area contributed by atoms with Crippen LogP contribution in [0.25, 0.3) is 0 Å². The molecule has 28 heavy (non-hydrogen) atoms. The summed E-state index contributed by atoms with van der Waals surface area (Å²) in [6.07, 6.45) is 2.74. The fraction of sp³-hybridized carbons (Fsp3) is 0.100. The molecule has 0 aliphatic rings. The Balaban J connectivity index is 1.61. The zero-order valence-electron chi connectivity index (χ0n) is 15.0. The van der Waals surface area contributed by atoms with Crippen molar-refractivity contribution in [2.75, 3.05) is 17.2 Å². The molecule has 2 aromatic carbocycles. The van der Waals surface area contributed by atoms with Crippen LogP contribution in [-0.2, 0) is 4.74 Å². The number of nitrogens with one attached hydrogen (secondary N) is 2. The Kier molecular flexibility index (Phi) is 5.91. The lowest BCUT2D eigenvalue weighted by atomic mass is 10.2. The van der Waals surface area contributed by atoms with Gasteiger partial charge in [0.05, 0.1) is 24.6 Å². The summed E-state index contributed by atoms with van der Waals surface area (Å²) in [6.45, 7) is 2.06. The summed E-state index contributed by atoms with van der Waals surface area (Å²) in [5.74, 6) is -0.791. The van der Waals surface area contributed by atoms with Gasteiger partial charge in [0.1, 0.15) is 17.3 Å². The molecule has 0 spiro atoms. The molecule has 1 amide bonds. The average Bonchev–Trinajstić information content (AvgIpc) is 2.71. The maximum atomic E-state index is 12.9. The number of nitrogens with zero attached hydrogens (tertiary/aromatic N) is 2. The first-order valence-electron chi connectivity index (χ1n) is 8.48. The maximum absolute atomic E-state index is 12.9. The van der Waals surface area contributed by atoms with Crippen LogP contribution in [0, 0.1) is 5.82 Å². The lowest BCUT2D eigenvalue weighted by Gasteiger charge is -2.08. The van der Waals surface area contributed by atoms with Crippen LogP contribution in [0.15, 0.2) is 60.9 Å². The Morgan fingerprint density at radius 1 is 0.964 bits per heavy atom. The number of benzene rings is 2. The summed E-state index contributed by atoms with van der Waals surface area (Å²) in [4.78, 5) is 32.0. The Hall–Kier alpha value is -3.81. The number of anilines is 3. The second-order valence-corrected chi connectivity index (χ2v) is 5.67. The van der Waals surface area contributed by atoms with Crippen LogP contribution in [0.1, 0.15) is 27.8 Å². The molecular formula is C20H17FN4O3. The van der Waals surface area contributed by atoms with E-state index in [9.17, 15) is 14.0 Å². The number of hydrogen-bond donors (Lipinski definition) is 2. The van der Waals surface area contributed by atoms with E-state index in [4.69, 9.17) is 4.74 Å². The van der Waals surface area contributed by atoms with Crippen molar-refractivity contribution >= 4 is 29.1 Å². The summed E-state index contributed by atoms with van der Waals surface area (Å²) >= 11 is 0. The van der Waals surface area contributed by atoms with Gasteiger partial charge in [0.15, 0.2) is 0 Å². The molecule has 3 rings (SSSR count). The van der Waals surface area contributed by atoms with Gasteiger partial charge in [-0.15, -0.1) is 0 Å². The van der Waals surface area contributed by atoms with Crippen molar-refractivity contribution in [3.8, 4) is 0 Å². The van der Waals surface area contributed by atoms with Gasteiger partial charge in [-0.1, -0.05) is 0 Å². The molecule has 7 nitrogen and oxygen atoms in total. The summed E-state index contributed by atoms with van der Waals surface area (Å²) in [5, 5.41) is 5.63. The molecule has 0 bridgehead atoms. The molecule has 0 saturated carbocycles. The minimum Gasteiger partial charge on any atom is -0.462 e. The van der Waals surface area contributed by atoms with Gasteiger partial charge < -0.3 is 15.4 Å². The first kappa shape index (κ1) is 19.0. The third-order valence-electron chi connectivity index (χ3n) is 3.66. The fourth-order valence-corrected chi connectivity index (χ4v) is 2.29. The number of halogens is 1. The van der Waals surface area contributed by atoms with Crippen molar-refractivity contribution in [1.82, 2.24) is 9.97 Å². The van der Waals surface area contributed by atoms with E-state index >= 15 is 0 Å². The number of hydrogen-bond acceptors (Lipinski definition) is 6. The van der Waals surface area contributed by atoms with Gasteiger partial charge in [-0.2, -0.15) is 0 Å². The van der Waals surface area contributed by atoms with Crippen LogP contribution in [0.4, 0.5) is 21.6 Å². The number of carbonyl (C=O) groups excluding carboxylic acids is 2. The number of aromatic nitrogens is 2. The van der Waals surface area contributed by atoms with E-state index < -0.39 is 5.91 Å². The minimum atomic E-state index is -0.454. The molecule has 0 aliphatic heterocycles. The predicted molar refractivity (Wildman–Crippen MR) is 102 cm³/mol. The number of rotatable bonds is 6. The first-order chi connectivity index (χ1) is 13.5. The van der Waals surface area contributed by atoms with Gasteiger partial charge in [-0.05, 0) is 55.5 Å². The molecule has 0 radical (unpaired) electrons. The highest BCUT2D eigenvalue weighted by Crippen LogP contribution is 2.16. The highest BCUT2D eigenvalue weighted by molar-refractivity contribution is 6.02. The summed E-state index contributed by atoms with van der Waals surface area (Å²) in [6, 6.07) is 12.1. The average molecular weight is 380 g/mol. The number of carbonyl (C=O) groups is 2. The predicted octanol–water partition coefficient (Wildman–Crippen LogP) is 3.79. The van der Waals surface area contributed by atoms with E-state index in [1.54, 1.807) is 31.2 Å². The molecule has 0 unspecified atom stereocenters. The molecule has 0 fully saturated rings. The van der Waals surface area contributed by atoms with Crippen LogP contribution >= 0.6 is 0 Å². The molecule has 8 heteroatoms. The van der Waals surface area contributed by atoms with Crippen LogP contribution in [0.5, 0.6) is 0 Å². The fourth-order valence-electron chi connectivity index (χ4n) is 2.29. The third-order valence-corrected chi connectivity index (χ3v) is 3.66. The van der Waals surface area contributed by atoms with Crippen molar-refractivity contribution in [2.24, 2.45) is 0 Å². The van der Waals surface area contributed by atoms with Crippen LogP contribution < -0.4 is 10.6 Å². The monoisotopic (exact) mass is 380 g/mol. The van der Waals surface area contributed by atoms with Crippen molar-refractivity contribution in [3.05, 3.63) is 78.0 Å². The van der Waals surface area contributed by atoms with Crippen LogP contribution in [0.3, 0.4) is 0 Å². The smallest absolute Gasteiger partial charge is 0.338 e. The van der Waals surface area contributed by atoms with E-state index in [1.807, 2.05) is 0 Å². The molecular weight excluding hydrogens is 363 g/mol. The lowest BCUT2D eigenvalue weighted by molar-refractivity contribution is 0.0526. The van der Waals surface area contributed by atoms with Crippen molar-refractivity contribution in [1.29, 1.82) is 0 Å². The van der Waals surface area contributed by atoms with Gasteiger partial charge in [-0.3, -0.25) is 4.79 Å². The van der Waals surface area contributed by atoms with Gasteiger partial charge in [0.2, 0.25) is 0 Å². The molecule has 3 aromatic rings. The molecule has 2 N–H and O–H groups in total. The van der Waals surface area contributed by atoms with Crippen LogP contribution in [-0.4, -0.2) is 28.5 Å². The minimum absolute atomic E-state index is 0.118. The third kappa shape index (κ3) is 4.88. The largest absolute Gasteiger partial charge is 0.462 e. The van der Waals surface area contributed by atoms with E-state index in [-0.39, 0.29) is 17.5 Å². The molecule has 0 atom stereocenters. The van der Waals surface area contributed by atoms with Crippen molar-refractivity contribution < 1.29 is 18.7 Å². The molecule has 1 heterocycles. The number of amides is 1. The quantitative estimate of drug-likeness (QED) is 0.632. The maximum Gasteiger partial charge on any atom is 0.338 e. The van der Waals surface area contributed by atoms with E-state index in [2.05, 4.69) is 20.6 Å². The second kappa shape index (κ2) is 8.72. The molecule has 0 aliphatic carbocycles. The highest BCUT2D eigenvalue weighted by atomic mass is 19.1. The van der Waals surface area contributed by atoms with E-state index in [0.29, 0.717) is 29.4 Å². The molecule has 1 aromatic heterocycles. The highest BCUT2D eigenvalue weighted by Gasteiger charge is 2.09. The van der Waals surface area contributed by atoms with Crippen molar-refractivity contribution in [2.45, 2.75) is 6.92 Å². The molecule has 142 valence electrons. The van der Waals surface area contributed by atoms with Crippen LogP contribution in [0.2, 0.25) is 0 Å². The number of esters is 1. The Morgan fingerprint density at radius 2 is 1.64 bits per heavy atom. The Labute approximate surface area is 160 Å².